The van der Waals surface area contributed by atoms with Crippen LogP contribution in [0.5, 0.6) is 0 Å². The fourth-order valence-corrected chi connectivity index (χ4v) is 5.84. The molecule has 0 aromatic heterocycles. The van der Waals surface area contributed by atoms with Crippen LogP contribution in [0.25, 0.3) is 0 Å². The molecule has 1 atom stereocenters. The fraction of sp³-hybridized carbons (Fsp3) is 0.971. The average Bonchev–Trinajstić information content (AvgIpc) is 2.87. The van der Waals surface area contributed by atoms with E-state index < -0.39 is 11.4 Å². The first-order valence-corrected chi connectivity index (χ1v) is 16.9. The summed E-state index contributed by atoms with van der Waals surface area (Å²) < 4.78 is 0. The Kier molecular flexibility index (Phi) is 27.1. The predicted molar refractivity (Wildman–Crippen MR) is 161 cm³/mol. The maximum absolute atomic E-state index is 12.5. The summed E-state index contributed by atoms with van der Waals surface area (Å²) in [7, 11) is 0. The Morgan fingerprint density at radius 3 is 0.778 bits per heavy atom. The zero-order chi connectivity index (χ0) is 26.6. The molecule has 0 amide bonds. The molecule has 0 fully saturated rings. The number of carboxylic acids is 1. The Morgan fingerprint density at radius 1 is 0.389 bits per heavy atom. The van der Waals surface area contributed by atoms with Crippen LogP contribution in [-0.4, -0.2) is 11.1 Å². The summed E-state index contributed by atoms with van der Waals surface area (Å²) in [6.45, 7) is 6.81. The van der Waals surface area contributed by atoms with E-state index in [1.807, 2.05) is 0 Å². The second-order valence-electron chi connectivity index (χ2n) is 12.0. The smallest absolute Gasteiger partial charge is 0.309 e. The van der Waals surface area contributed by atoms with Crippen molar-refractivity contribution < 1.29 is 9.90 Å². The van der Waals surface area contributed by atoms with Crippen LogP contribution < -0.4 is 0 Å². The molecule has 0 aromatic rings. The molecule has 1 N–H and O–H groups in total. The number of carboxylic acid groups (broad SMARTS) is 1. The summed E-state index contributed by atoms with van der Waals surface area (Å²) >= 11 is 0. The van der Waals surface area contributed by atoms with E-state index in [4.69, 9.17) is 0 Å². The van der Waals surface area contributed by atoms with Crippen LogP contribution in [-0.2, 0) is 4.79 Å². The van der Waals surface area contributed by atoms with Gasteiger partial charge in [0, 0.05) is 0 Å². The minimum Gasteiger partial charge on any atom is -0.481 e. The zero-order valence-corrected chi connectivity index (χ0v) is 25.4. The summed E-state index contributed by atoms with van der Waals surface area (Å²) in [6, 6.07) is 0. The number of rotatable bonds is 30. The summed E-state index contributed by atoms with van der Waals surface area (Å²) in [4.78, 5) is 12.5. The molecule has 216 valence electrons. The predicted octanol–water partition coefficient (Wildman–Crippen LogP) is 12.4. The molecule has 36 heavy (non-hydrogen) atoms. The molecule has 0 radical (unpaired) electrons. The van der Waals surface area contributed by atoms with Crippen molar-refractivity contribution in [2.24, 2.45) is 5.41 Å². The molecule has 0 heterocycles. The van der Waals surface area contributed by atoms with Gasteiger partial charge < -0.3 is 5.11 Å². The zero-order valence-electron chi connectivity index (χ0n) is 25.4. The average molecular weight is 509 g/mol. The molecule has 2 nitrogen and oxygen atoms in total. The van der Waals surface area contributed by atoms with Gasteiger partial charge in [0.2, 0.25) is 0 Å². The molecular formula is C34H68O2. The first-order valence-electron chi connectivity index (χ1n) is 16.9. The lowest BCUT2D eigenvalue weighted by Gasteiger charge is -2.30. The lowest BCUT2D eigenvalue weighted by atomic mass is 9.74. The van der Waals surface area contributed by atoms with Gasteiger partial charge in [-0.1, -0.05) is 188 Å². The number of hydrogen-bond donors (Lipinski definition) is 1. The Hall–Kier alpha value is -0.530. The SMILES string of the molecule is CCCCCCCCCCCCCCC(CCCCCCC)(CCCCCCCCCCC)C(=O)O. The van der Waals surface area contributed by atoms with Crippen molar-refractivity contribution in [2.75, 3.05) is 0 Å². The summed E-state index contributed by atoms with van der Waals surface area (Å²) in [6.07, 6.45) is 36.7. The summed E-state index contributed by atoms with van der Waals surface area (Å²) in [5.74, 6) is -0.499. The molecule has 0 aliphatic rings. The van der Waals surface area contributed by atoms with Gasteiger partial charge in [-0.2, -0.15) is 0 Å². The quantitative estimate of drug-likeness (QED) is 0.0979. The van der Waals surface area contributed by atoms with E-state index >= 15 is 0 Å². The van der Waals surface area contributed by atoms with Crippen LogP contribution in [0.4, 0.5) is 0 Å². The van der Waals surface area contributed by atoms with Gasteiger partial charge in [-0.3, -0.25) is 4.79 Å². The van der Waals surface area contributed by atoms with E-state index in [-0.39, 0.29) is 0 Å². The van der Waals surface area contributed by atoms with Gasteiger partial charge in [0.05, 0.1) is 5.41 Å². The van der Waals surface area contributed by atoms with Crippen LogP contribution in [0.3, 0.4) is 0 Å². The largest absolute Gasteiger partial charge is 0.481 e. The van der Waals surface area contributed by atoms with Gasteiger partial charge in [-0.05, 0) is 19.3 Å². The van der Waals surface area contributed by atoms with E-state index in [2.05, 4.69) is 20.8 Å². The Labute approximate surface area is 228 Å². The minimum absolute atomic E-state index is 0.453. The van der Waals surface area contributed by atoms with Crippen molar-refractivity contribution in [2.45, 2.75) is 207 Å². The molecule has 0 bridgehead atoms. The van der Waals surface area contributed by atoms with Gasteiger partial charge in [0.25, 0.3) is 0 Å². The monoisotopic (exact) mass is 509 g/mol. The number of carbonyl (C=O) groups is 1. The fourth-order valence-electron chi connectivity index (χ4n) is 5.84. The summed E-state index contributed by atoms with van der Waals surface area (Å²) in [5.41, 5.74) is -0.453. The van der Waals surface area contributed by atoms with E-state index in [0.717, 1.165) is 38.5 Å². The third-order valence-corrected chi connectivity index (χ3v) is 8.48. The highest BCUT2D eigenvalue weighted by molar-refractivity contribution is 5.74. The molecule has 0 saturated carbocycles. The van der Waals surface area contributed by atoms with Crippen LogP contribution in [0.2, 0.25) is 0 Å². The standard InChI is InChI=1S/C34H68O2/c1-4-7-10-13-15-17-18-19-21-23-26-29-32-34(33(35)36,30-27-24-12-9-6-3)31-28-25-22-20-16-14-11-8-5-2/h4-32H2,1-3H3,(H,35,36). The van der Waals surface area contributed by atoms with E-state index in [1.54, 1.807) is 0 Å². The molecule has 0 rings (SSSR count). The second-order valence-corrected chi connectivity index (χ2v) is 12.0. The molecule has 2 heteroatoms. The van der Waals surface area contributed by atoms with Crippen molar-refractivity contribution in [1.29, 1.82) is 0 Å². The lowest BCUT2D eigenvalue weighted by Crippen LogP contribution is -2.31. The van der Waals surface area contributed by atoms with Gasteiger partial charge in [0.1, 0.15) is 0 Å². The number of hydrogen-bond acceptors (Lipinski definition) is 1. The molecule has 0 aliphatic heterocycles. The molecular weight excluding hydrogens is 440 g/mol. The molecule has 0 spiro atoms. The third-order valence-electron chi connectivity index (χ3n) is 8.48. The lowest BCUT2D eigenvalue weighted by molar-refractivity contribution is -0.150. The van der Waals surface area contributed by atoms with Crippen molar-refractivity contribution in [1.82, 2.24) is 0 Å². The third kappa shape index (κ3) is 21.5. The van der Waals surface area contributed by atoms with Crippen LogP contribution >= 0.6 is 0 Å². The first-order chi connectivity index (χ1) is 17.6. The highest BCUT2D eigenvalue weighted by Gasteiger charge is 2.36. The van der Waals surface area contributed by atoms with E-state index in [1.165, 1.54) is 148 Å². The van der Waals surface area contributed by atoms with E-state index in [9.17, 15) is 9.90 Å². The Balaban J connectivity index is 4.26. The number of unbranched alkanes of at least 4 members (excludes halogenated alkanes) is 23. The van der Waals surface area contributed by atoms with Crippen molar-refractivity contribution in [3.05, 3.63) is 0 Å². The first kappa shape index (κ1) is 35.5. The van der Waals surface area contributed by atoms with E-state index in [0.29, 0.717) is 0 Å². The van der Waals surface area contributed by atoms with Crippen LogP contribution in [0.1, 0.15) is 207 Å². The van der Waals surface area contributed by atoms with Gasteiger partial charge in [0.15, 0.2) is 0 Å². The van der Waals surface area contributed by atoms with Crippen LogP contribution in [0, 0.1) is 5.41 Å². The normalized spacial score (nSPS) is 13.2. The van der Waals surface area contributed by atoms with Crippen molar-refractivity contribution in [3.8, 4) is 0 Å². The molecule has 0 saturated heterocycles. The molecule has 0 aliphatic carbocycles. The second kappa shape index (κ2) is 27.5. The van der Waals surface area contributed by atoms with Gasteiger partial charge in [-0.15, -0.1) is 0 Å². The highest BCUT2D eigenvalue weighted by atomic mass is 16.4. The molecule has 1 unspecified atom stereocenters. The van der Waals surface area contributed by atoms with Crippen LogP contribution in [0.15, 0.2) is 0 Å². The minimum atomic E-state index is -0.499. The maximum atomic E-state index is 12.5. The molecule has 0 aromatic carbocycles. The Morgan fingerprint density at radius 2 is 0.583 bits per heavy atom. The topological polar surface area (TPSA) is 37.3 Å². The van der Waals surface area contributed by atoms with Crippen molar-refractivity contribution >= 4 is 5.97 Å². The maximum Gasteiger partial charge on any atom is 0.309 e. The summed E-state index contributed by atoms with van der Waals surface area (Å²) in [5, 5.41) is 10.3. The van der Waals surface area contributed by atoms with Gasteiger partial charge >= 0.3 is 5.97 Å². The number of aliphatic carboxylic acids is 1. The highest BCUT2D eigenvalue weighted by Crippen LogP contribution is 2.38. The Bertz CT molecular complexity index is 446. The van der Waals surface area contributed by atoms with Gasteiger partial charge in [-0.25, -0.2) is 0 Å². The van der Waals surface area contributed by atoms with Crippen molar-refractivity contribution in [3.63, 3.8) is 0 Å².